The van der Waals surface area contributed by atoms with Crippen molar-refractivity contribution in [1.82, 2.24) is 0 Å². The van der Waals surface area contributed by atoms with E-state index in [-0.39, 0.29) is 0 Å². The molecule has 1 aliphatic heterocycles. The third kappa shape index (κ3) is 3.55. The molecule has 0 fully saturated rings. The molecule has 6 heteroatoms. The Hall–Kier alpha value is -2.33. The number of benzene rings is 4. The summed E-state index contributed by atoms with van der Waals surface area (Å²) in [5, 5.41) is 2.36. The van der Waals surface area contributed by atoms with Crippen LogP contribution in [0.3, 0.4) is 0 Å². The number of halogens is 1. The van der Waals surface area contributed by atoms with Gasteiger partial charge in [-0.25, -0.2) is 0 Å². The summed E-state index contributed by atoms with van der Waals surface area (Å²) in [5.41, 5.74) is 2.11. The molecule has 144 valence electrons. The number of para-hydroxylation sites is 1. The summed E-state index contributed by atoms with van der Waals surface area (Å²) in [7, 11) is 0. The number of anilines is 1. The number of nitrogens with zero attached hydrogens (tertiary/aromatic N) is 1. The van der Waals surface area contributed by atoms with Crippen molar-refractivity contribution < 1.29 is 9.05 Å². The first-order chi connectivity index (χ1) is 14.1. The third-order valence-corrected chi connectivity index (χ3v) is 8.30. The Morgan fingerprint density at radius 2 is 1.59 bits per heavy atom. The van der Waals surface area contributed by atoms with Gasteiger partial charge in [0.25, 0.3) is 0 Å². The van der Waals surface area contributed by atoms with Crippen LogP contribution in [-0.2, 0) is 18.4 Å². The van der Waals surface area contributed by atoms with E-state index in [9.17, 15) is 0 Å². The van der Waals surface area contributed by atoms with Crippen LogP contribution in [0.2, 0.25) is 0 Å². The summed E-state index contributed by atoms with van der Waals surface area (Å²) in [5.74, 6) is 1.51. The van der Waals surface area contributed by atoms with Gasteiger partial charge in [-0.1, -0.05) is 64.5 Å². The number of hydrogen-bond donors (Lipinski definition) is 0. The SMILES string of the molecule is S=P1(Oc2ccccc2)Oc2ccc3ccccc3c2CN1c1ccc(Br)cc1. The largest absolute Gasteiger partial charge is 0.420 e. The predicted molar refractivity (Wildman–Crippen MR) is 126 cm³/mol. The van der Waals surface area contributed by atoms with Gasteiger partial charge in [0.2, 0.25) is 0 Å². The summed E-state index contributed by atoms with van der Waals surface area (Å²) in [4.78, 5) is 0. The molecule has 0 bridgehead atoms. The highest BCUT2D eigenvalue weighted by atomic mass is 79.9. The first-order valence-electron chi connectivity index (χ1n) is 9.21. The molecular formula is C23H17BrNO2PS. The van der Waals surface area contributed by atoms with Gasteiger partial charge in [0.05, 0.1) is 6.54 Å². The Balaban J connectivity index is 1.65. The van der Waals surface area contributed by atoms with Gasteiger partial charge in [0.15, 0.2) is 0 Å². The first-order valence-corrected chi connectivity index (χ1v) is 12.6. The molecule has 1 atom stereocenters. The highest BCUT2D eigenvalue weighted by Crippen LogP contribution is 2.59. The van der Waals surface area contributed by atoms with Crippen molar-refractivity contribution in [3.63, 3.8) is 0 Å². The molecular weight excluding hydrogens is 465 g/mol. The molecule has 3 nitrogen and oxygen atoms in total. The topological polar surface area (TPSA) is 21.7 Å². The first kappa shape index (κ1) is 18.7. The maximum Gasteiger partial charge on any atom is 0.395 e. The minimum absolute atomic E-state index is 0.627. The van der Waals surface area contributed by atoms with Crippen LogP contribution >= 0.6 is 22.6 Å². The van der Waals surface area contributed by atoms with E-state index in [2.05, 4.69) is 44.9 Å². The molecule has 4 aromatic rings. The maximum absolute atomic E-state index is 6.45. The quantitative estimate of drug-likeness (QED) is 0.286. The van der Waals surface area contributed by atoms with Crippen LogP contribution < -0.4 is 13.7 Å². The summed E-state index contributed by atoms with van der Waals surface area (Å²) >= 11 is 9.56. The van der Waals surface area contributed by atoms with Gasteiger partial charge >= 0.3 is 6.64 Å². The number of hydrogen-bond acceptors (Lipinski definition) is 3. The molecule has 0 aromatic heterocycles. The van der Waals surface area contributed by atoms with E-state index in [1.807, 2.05) is 66.7 Å². The second-order valence-corrected chi connectivity index (χ2v) is 10.8. The van der Waals surface area contributed by atoms with E-state index in [4.69, 9.17) is 20.9 Å². The zero-order valence-electron chi connectivity index (χ0n) is 15.4. The molecule has 0 radical (unpaired) electrons. The van der Waals surface area contributed by atoms with Crippen molar-refractivity contribution in [2.24, 2.45) is 0 Å². The van der Waals surface area contributed by atoms with Crippen LogP contribution in [0.1, 0.15) is 5.56 Å². The highest BCUT2D eigenvalue weighted by molar-refractivity contribution is 9.10. The summed E-state index contributed by atoms with van der Waals surface area (Å²) in [6, 6.07) is 30.2. The van der Waals surface area contributed by atoms with Crippen molar-refractivity contribution in [1.29, 1.82) is 0 Å². The van der Waals surface area contributed by atoms with E-state index < -0.39 is 6.64 Å². The molecule has 1 heterocycles. The predicted octanol–water partition coefficient (Wildman–Crippen LogP) is 7.30. The van der Waals surface area contributed by atoms with Gasteiger partial charge in [-0.05, 0) is 53.2 Å². The Bertz CT molecular complexity index is 1230. The standard InChI is InChI=1S/C23H17BrNO2PS/c24-18-11-13-19(14-12-18)25-16-22-21-9-5-4-6-17(21)10-15-23(22)27-28(25,29)26-20-7-2-1-3-8-20/h1-15H,16H2. The molecule has 29 heavy (non-hydrogen) atoms. The molecule has 0 N–H and O–H groups in total. The van der Waals surface area contributed by atoms with Gasteiger partial charge < -0.3 is 9.05 Å². The lowest BCUT2D eigenvalue weighted by molar-refractivity contribution is 0.465. The van der Waals surface area contributed by atoms with Crippen molar-refractivity contribution in [3.8, 4) is 11.5 Å². The van der Waals surface area contributed by atoms with Crippen LogP contribution in [-0.4, -0.2) is 0 Å². The average Bonchev–Trinajstić information content (AvgIpc) is 2.74. The zero-order chi connectivity index (χ0) is 19.8. The average molecular weight is 482 g/mol. The molecule has 0 aliphatic carbocycles. The molecule has 0 saturated heterocycles. The van der Waals surface area contributed by atoms with Crippen LogP contribution in [0.4, 0.5) is 5.69 Å². The third-order valence-electron chi connectivity index (χ3n) is 4.90. The lowest BCUT2D eigenvalue weighted by Crippen LogP contribution is -2.29. The Kier molecular flexibility index (Phi) is 4.83. The lowest BCUT2D eigenvalue weighted by Gasteiger charge is -2.39. The molecule has 1 unspecified atom stereocenters. The van der Waals surface area contributed by atoms with Crippen molar-refractivity contribution in [2.45, 2.75) is 6.54 Å². The monoisotopic (exact) mass is 481 g/mol. The van der Waals surface area contributed by atoms with Crippen molar-refractivity contribution in [3.05, 3.63) is 101 Å². The van der Waals surface area contributed by atoms with Gasteiger partial charge in [-0.15, -0.1) is 0 Å². The molecule has 1 aliphatic rings. The molecule has 0 saturated carbocycles. The fraction of sp³-hybridized carbons (Fsp3) is 0.0435. The maximum atomic E-state index is 6.45. The van der Waals surface area contributed by atoms with Crippen molar-refractivity contribution >= 4 is 50.8 Å². The Labute approximate surface area is 183 Å². The van der Waals surface area contributed by atoms with E-state index >= 15 is 0 Å². The molecule has 5 rings (SSSR count). The van der Waals surface area contributed by atoms with Gasteiger partial charge in [0, 0.05) is 27.5 Å². The number of fused-ring (bicyclic) bond motifs is 3. The van der Waals surface area contributed by atoms with E-state index in [1.54, 1.807) is 0 Å². The van der Waals surface area contributed by atoms with Crippen molar-refractivity contribution in [2.75, 3.05) is 4.67 Å². The Morgan fingerprint density at radius 3 is 2.38 bits per heavy atom. The highest BCUT2D eigenvalue weighted by Gasteiger charge is 2.38. The Morgan fingerprint density at radius 1 is 0.862 bits per heavy atom. The van der Waals surface area contributed by atoms with E-state index in [0.29, 0.717) is 12.3 Å². The molecule has 4 aromatic carbocycles. The molecule has 0 amide bonds. The van der Waals surface area contributed by atoms with Gasteiger partial charge in [0.1, 0.15) is 11.5 Å². The van der Waals surface area contributed by atoms with Crippen LogP contribution in [0.25, 0.3) is 10.8 Å². The smallest absolute Gasteiger partial charge is 0.395 e. The molecule has 0 spiro atoms. The van der Waals surface area contributed by atoms with E-state index in [1.165, 1.54) is 10.8 Å². The summed E-state index contributed by atoms with van der Waals surface area (Å²) in [6.45, 7) is -2.21. The van der Waals surface area contributed by atoms with Crippen LogP contribution in [0.15, 0.2) is 95.5 Å². The van der Waals surface area contributed by atoms with Gasteiger partial charge in [-0.2, -0.15) is 0 Å². The van der Waals surface area contributed by atoms with Crippen LogP contribution in [0, 0.1) is 0 Å². The summed E-state index contributed by atoms with van der Waals surface area (Å²) < 4.78 is 15.9. The van der Waals surface area contributed by atoms with Gasteiger partial charge in [-0.3, -0.25) is 4.67 Å². The zero-order valence-corrected chi connectivity index (χ0v) is 18.7. The second-order valence-electron chi connectivity index (χ2n) is 6.76. The number of rotatable bonds is 3. The minimum atomic E-state index is -2.84. The van der Waals surface area contributed by atoms with Crippen LogP contribution in [0.5, 0.6) is 11.5 Å². The fourth-order valence-corrected chi connectivity index (χ4v) is 6.50. The minimum Gasteiger partial charge on any atom is -0.420 e. The lowest BCUT2D eigenvalue weighted by atomic mass is 10.0. The second kappa shape index (κ2) is 7.49. The summed E-state index contributed by atoms with van der Waals surface area (Å²) in [6.07, 6.45) is 0. The normalized spacial score (nSPS) is 18.2. The van der Waals surface area contributed by atoms with E-state index in [0.717, 1.165) is 21.5 Å². The fourth-order valence-electron chi connectivity index (χ4n) is 3.50.